The van der Waals surface area contributed by atoms with Gasteiger partial charge in [-0.3, -0.25) is 10.1 Å². The van der Waals surface area contributed by atoms with E-state index < -0.39 is 33.1 Å². The molecule has 0 aliphatic rings. The van der Waals surface area contributed by atoms with Crippen molar-refractivity contribution >= 4 is 38.2 Å². The molecule has 11 heteroatoms. The quantitative estimate of drug-likeness (QED) is 0.650. The second-order valence-electron chi connectivity index (χ2n) is 6.48. The molecule has 1 atom stereocenters. The number of rotatable bonds is 6. The number of carbonyl (C=O) groups is 2. The molecule has 0 radical (unpaired) electrons. The molecule has 28 heavy (non-hydrogen) atoms. The van der Waals surface area contributed by atoms with Crippen LogP contribution in [0.5, 0.6) is 0 Å². The molecule has 1 heterocycles. The Balaban J connectivity index is 2.25. The van der Waals surface area contributed by atoms with Gasteiger partial charge in [0.15, 0.2) is 15.0 Å². The Morgan fingerprint density at radius 2 is 2.00 bits per heavy atom. The minimum atomic E-state index is -3.67. The number of hydrogen-bond acceptors (Lipinski definition) is 6. The fourth-order valence-electron chi connectivity index (χ4n) is 2.36. The first-order valence-electron chi connectivity index (χ1n) is 8.24. The highest BCUT2D eigenvalue weighted by atomic mass is 32.2. The number of carbonyl (C=O) groups excluding carboxylic acids is 2. The highest BCUT2D eigenvalue weighted by Gasteiger charge is 2.31. The van der Waals surface area contributed by atoms with Crippen LogP contribution >= 0.6 is 11.3 Å². The van der Waals surface area contributed by atoms with Crippen LogP contribution in [0.1, 0.15) is 26.0 Å². The van der Waals surface area contributed by atoms with Crippen molar-refractivity contribution in [3.63, 3.8) is 0 Å². The highest BCUT2D eigenvalue weighted by Crippen LogP contribution is 2.34. The fraction of sp³-hybridized carbons (Fsp3) is 0.353. The molecule has 0 spiro atoms. The number of amides is 3. The van der Waals surface area contributed by atoms with Gasteiger partial charge >= 0.3 is 6.03 Å². The number of aryl methyl sites for hydroxylation is 1. The van der Waals surface area contributed by atoms with Crippen LogP contribution in [0.2, 0.25) is 0 Å². The van der Waals surface area contributed by atoms with Crippen LogP contribution in [-0.4, -0.2) is 37.1 Å². The van der Waals surface area contributed by atoms with Crippen LogP contribution in [0.4, 0.5) is 14.3 Å². The van der Waals surface area contributed by atoms with Gasteiger partial charge in [-0.05, 0) is 38.0 Å². The van der Waals surface area contributed by atoms with Gasteiger partial charge in [-0.1, -0.05) is 24.3 Å². The normalized spacial score (nSPS) is 13.6. The first kappa shape index (κ1) is 21.8. The lowest BCUT2D eigenvalue weighted by Gasteiger charge is -2.25. The molecule has 0 bridgehead atoms. The zero-order valence-electron chi connectivity index (χ0n) is 15.8. The Labute approximate surface area is 166 Å². The maximum atomic E-state index is 14.2. The summed E-state index contributed by atoms with van der Waals surface area (Å²) in [6.07, 6.45) is 1.24. The third-order valence-corrected chi connectivity index (χ3v) is 6.50. The van der Waals surface area contributed by atoms with E-state index in [1.807, 2.05) is 0 Å². The maximum Gasteiger partial charge on any atom is 0.321 e. The van der Waals surface area contributed by atoms with E-state index in [9.17, 15) is 22.4 Å². The zero-order chi connectivity index (χ0) is 21.3. The number of urea groups is 1. The van der Waals surface area contributed by atoms with Gasteiger partial charge in [-0.2, -0.15) is 0 Å². The SMILES string of the molecule is CCC(C)(NC(=O)Nc1nc(C)c(-c2ccc(S(C)(=O)=O)c(F)c2)s1)C(N)=O. The molecular formula is C17H21FN4O4S2. The van der Waals surface area contributed by atoms with Gasteiger partial charge in [0.1, 0.15) is 16.3 Å². The van der Waals surface area contributed by atoms with Crippen molar-refractivity contribution < 1.29 is 22.4 Å². The maximum absolute atomic E-state index is 14.2. The Morgan fingerprint density at radius 1 is 1.36 bits per heavy atom. The van der Waals surface area contributed by atoms with Crippen LogP contribution in [-0.2, 0) is 14.6 Å². The van der Waals surface area contributed by atoms with E-state index >= 15 is 0 Å². The van der Waals surface area contributed by atoms with Crippen molar-refractivity contribution in [2.24, 2.45) is 5.73 Å². The van der Waals surface area contributed by atoms with Crippen LogP contribution in [0.25, 0.3) is 10.4 Å². The summed E-state index contributed by atoms with van der Waals surface area (Å²) in [4.78, 5) is 28.1. The summed E-state index contributed by atoms with van der Waals surface area (Å²) >= 11 is 1.09. The molecule has 0 saturated carbocycles. The molecule has 1 unspecified atom stereocenters. The van der Waals surface area contributed by atoms with Crippen LogP contribution in [0, 0.1) is 12.7 Å². The number of nitrogens with zero attached hydrogens (tertiary/aromatic N) is 1. The number of benzene rings is 1. The van der Waals surface area contributed by atoms with E-state index in [-0.39, 0.29) is 10.0 Å². The topological polar surface area (TPSA) is 131 Å². The number of primary amides is 1. The molecule has 0 aliphatic carbocycles. The predicted molar refractivity (Wildman–Crippen MR) is 105 cm³/mol. The number of halogens is 1. The second kappa shape index (κ2) is 7.84. The number of aromatic nitrogens is 1. The van der Waals surface area contributed by atoms with Gasteiger partial charge in [0, 0.05) is 6.26 Å². The second-order valence-corrected chi connectivity index (χ2v) is 9.46. The first-order valence-corrected chi connectivity index (χ1v) is 10.9. The Bertz CT molecular complexity index is 1040. The van der Waals surface area contributed by atoms with Gasteiger partial charge < -0.3 is 11.1 Å². The number of thiazole rings is 1. The average Bonchev–Trinajstić information content (AvgIpc) is 2.93. The van der Waals surface area contributed by atoms with E-state index in [0.717, 1.165) is 23.7 Å². The molecule has 2 aromatic rings. The number of nitrogens with two attached hydrogens (primary N) is 1. The van der Waals surface area contributed by atoms with Gasteiger partial charge in [0.05, 0.1) is 10.6 Å². The first-order chi connectivity index (χ1) is 12.9. The Hall–Kier alpha value is -2.53. The lowest BCUT2D eigenvalue weighted by molar-refractivity contribution is -0.123. The van der Waals surface area contributed by atoms with E-state index in [0.29, 0.717) is 22.6 Å². The molecule has 2 rings (SSSR count). The number of anilines is 1. The smallest absolute Gasteiger partial charge is 0.321 e. The molecule has 0 aliphatic heterocycles. The molecule has 0 saturated heterocycles. The van der Waals surface area contributed by atoms with E-state index in [2.05, 4.69) is 15.6 Å². The number of hydrogen-bond donors (Lipinski definition) is 3. The summed E-state index contributed by atoms with van der Waals surface area (Å²) in [5.74, 6) is -1.53. The zero-order valence-corrected chi connectivity index (χ0v) is 17.4. The van der Waals surface area contributed by atoms with E-state index in [1.54, 1.807) is 13.8 Å². The Kier molecular flexibility index (Phi) is 6.09. The third-order valence-electron chi connectivity index (χ3n) is 4.25. The summed E-state index contributed by atoms with van der Waals surface area (Å²) < 4.78 is 37.2. The summed E-state index contributed by atoms with van der Waals surface area (Å²) in [7, 11) is -3.67. The van der Waals surface area contributed by atoms with Crippen molar-refractivity contribution in [3.8, 4) is 10.4 Å². The summed E-state index contributed by atoms with van der Waals surface area (Å²) in [6.45, 7) is 4.90. The van der Waals surface area contributed by atoms with Gasteiger partial charge in [0.25, 0.3) is 0 Å². The monoisotopic (exact) mass is 428 g/mol. The van der Waals surface area contributed by atoms with Crippen molar-refractivity contribution in [2.45, 2.75) is 37.6 Å². The number of nitrogens with one attached hydrogen (secondary N) is 2. The van der Waals surface area contributed by atoms with Crippen LogP contribution < -0.4 is 16.4 Å². The number of sulfone groups is 1. The molecule has 8 nitrogen and oxygen atoms in total. The lowest BCUT2D eigenvalue weighted by atomic mass is 9.98. The summed E-state index contributed by atoms with van der Waals surface area (Å²) in [5.41, 5.74) is 5.07. The molecule has 0 fully saturated rings. The fourth-order valence-corrected chi connectivity index (χ4v) is 4.05. The van der Waals surface area contributed by atoms with E-state index in [4.69, 9.17) is 5.73 Å². The van der Waals surface area contributed by atoms with Crippen molar-refractivity contribution in [1.29, 1.82) is 0 Å². The summed E-state index contributed by atoms with van der Waals surface area (Å²) in [6, 6.07) is 3.13. The van der Waals surface area contributed by atoms with Crippen molar-refractivity contribution in [2.75, 3.05) is 11.6 Å². The van der Waals surface area contributed by atoms with Gasteiger partial charge in [-0.15, -0.1) is 0 Å². The lowest BCUT2D eigenvalue weighted by Crippen LogP contribution is -2.56. The largest absolute Gasteiger partial charge is 0.368 e. The van der Waals surface area contributed by atoms with Gasteiger partial charge in [-0.25, -0.2) is 22.6 Å². The molecular weight excluding hydrogens is 407 g/mol. The molecule has 1 aromatic carbocycles. The molecule has 3 amide bonds. The molecule has 4 N–H and O–H groups in total. The molecule has 1 aromatic heterocycles. The average molecular weight is 429 g/mol. The van der Waals surface area contributed by atoms with Gasteiger partial charge in [0.2, 0.25) is 5.91 Å². The summed E-state index contributed by atoms with van der Waals surface area (Å²) in [5, 5.41) is 5.27. The minimum Gasteiger partial charge on any atom is -0.368 e. The van der Waals surface area contributed by atoms with Crippen LogP contribution in [0.3, 0.4) is 0 Å². The van der Waals surface area contributed by atoms with Crippen molar-refractivity contribution in [3.05, 3.63) is 29.7 Å². The molecule has 152 valence electrons. The van der Waals surface area contributed by atoms with Crippen LogP contribution in [0.15, 0.2) is 23.1 Å². The highest BCUT2D eigenvalue weighted by molar-refractivity contribution is 7.90. The third kappa shape index (κ3) is 4.65. The van der Waals surface area contributed by atoms with E-state index in [1.165, 1.54) is 19.1 Å². The standard InChI is InChI=1S/C17H21FN4O4S2/c1-5-17(3,14(19)23)22-15(24)21-16-20-9(2)13(27-16)10-6-7-12(11(18)8-10)28(4,25)26/h6-8H,5H2,1-4H3,(H2,19,23)(H2,20,21,22,24). The predicted octanol–water partition coefficient (Wildman–Crippen LogP) is 2.44. The van der Waals surface area contributed by atoms with Crippen molar-refractivity contribution in [1.82, 2.24) is 10.3 Å². The minimum absolute atomic E-state index is 0.237. The Morgan fingerprint density at radius 3 is 2.50 bits per heavy atom.